The van der Waals surface area contributed by atoms with Crippen LogP contribution in [0.1, 0.15) is 56.6 Å². The van der Waals surface area contributed by atoms with Crippen LogP contribution >= 0.6 is 0 Å². The van der Waals surface area contributed by atoms with Gasteiger partial charge in [0.05, 0.1) is 0 Å². The van der Waals surface area contributed by atoms with Crippen LogP contribution in [-0.2, 0) is 20.7 Å². The summed E-state index contributed by atoms with van der Waals surface area (Å²) in [7, 11) is 0. The van der Waals surface area contributed by atoms with Gasteiger partial charge in [-0.15, -0.1) is 0 Å². The highest BCUT2D eigenvalue weighted by Crippen LogP contribution is 2.47. The van der Waals surface area contributed by atoms with Crippen LogP contribution < -0.4 is 4.74 Å². The molecule has 1 fully saturated rings. The molecule has 0 radical (unpaired) electrons. The van der Waals surface area contributed by atoms with E-state index in [4.69, 9.17) is 9.47 Å². The van der Waals surface area contributed by atoms with Crippen LogP contribution in [0.2, 0.25) is 0 Å². The third-order valence-electron chi connectivity index (χ3n) is 4.85. The van der Waals surface area contributed by atoms with Gasteiger partial charge < -0.3 is 9.47 Å². The fourth-order valence-corrected chi connectivity index (χ4v) is 4.07. The summed E-state index contributed by atoms with van der Waals surface area (Å²) in [5.41, 5.74) is 2.50. The van der Waals surface area contributed by atoms with E-state index in [0.29, 0.717) is 17.6 Å². The molecule has 3 rings (SSSR count). The molecule has 0 N–H and O–H groups in total. The van der Waals surface area contributed by atoms with Gasteiger partial charge in [-0.05, 0) is 61.1 Å². The van der Waals surface area contributed by atoms with E-state index in [2.05, 4.69) is 6.07 Å². The lowest BCUT2D eigenvalue weighted by molar-refractivity contribution is -0.148. The number of esters is 2. The quantitative estimate of drug-likeness (QED) is 0.621. The van der Waals surface area contributed by atoms with Crippen molar-refractivity contribution in [2.75, 3.05) is 0 Å². The molecule has 2 aliphatic rings. The highest BCUT2D eigenvalue weighted by Gasteiger charge is 2.37. The monoisotopic (exact) mass is 302 g/mol. The zero-order valence-electron chi connectivity index (χ0n) is 13.1. The molecule has 0 aliphatic heterocycles. The molecule has 0 unspecified atom stereocenters. The highest BCUT2D eigenvalue weighted by molar-refractivity contribution is 5.70. The molecule has 118 valence electrons. The van der Waals surface area contributed by atoms with Gasteiger partial charge in [-0.2, -0.15) is 0 Å². The van der Waals surface area contributed by atoms with E-state index in [1.165, 1.54) is 25.0 Å². The van der Waals surface area contributed by atoms with E-state index >= 15 is 0 Å². The van der Waals surface area contributed by atoms with Crippen LogP contribution in [0.3, 0.4) is 0 Å². The van der Waals surface area contributed by atoms with Crippen LogP contribution in [0.15, 0.2) is 18.2 Å². The van der Waals surface area contributed by atoms with Crippen molar-refractivity contribution < 1.29 is 19.1 Å². The topological polar surface area (TPSA) is 52.6 Å². The van der Waals surface area contributed by atoms with Gasteiger partial charge in [-0.1, -0.05) is 12.1 Å². The van der Waals surface area contributed by atoms with Crippen LogP contribution in [0.25, 0.3) is 0 Å². The van der Waals surface area contributed by atoms with Gasteiger partial charge in [-0.25, -0.2) is 0 Å². The van der Waals surface area contributed by atoms with Gasteiger partial charge in [0, 0.05) is 13.8 Å². The largest absolute Gasteiger partial charge is 0.463 e. The fraction of sp³-hybridized carbons (Fsp3) is 0.556. The van der Waals surface area contributed by atoms with Gasteiger partial charge in [0.15, 0.2) is 0 Å². The first-order valence-corrected chi connectivity index (χ1v) is 8.02. The van der Waals surface area contributed by atoms with E-state index in [-0.39, 0.29) is 18.0 Å². The molecular weight excluding hydrogens is 280 g/mol. The van der Waals surface area contributed by atoms with Gasteiger partial charge in [0.2, 0.25) is 0 Å². The second kappa shape index (κ2) is 6.11. The van der Waals surface area contributed by atoms with Crippen LogP contribution in [0, 0.1) is 5.92 Å². The van der Waals surface area contributed by atoms with E-state index in [1.54, 1.807) is 0 Å². The molecule has 0 amide bonds. The van der Waals surface area contributed by atoms with Gasteiger partial charge in [0.1, 0.15) is 11.9 Å². The third kappa shape index (κ3) is 3.01. The summed E-state index contributed by atoms with van der Waals surface area (Å²) >= 11 is 0. The van der Waals surface area contributed by atoms with Crippen molar-refractivity contribution in [3.8, 4) is 5.75 Å². The summed E-state index contributed by atoms with van der Waals surface area (Å²) in [6.07, 6.45) is 4.94. The molecule has 4 nitrogen and oxygen atoms in total. The Bertz CT molecular complexity index is 593. The molecule has 2 aliphatic carbocycles. The average molecular weight is 302 g/mol. The molecule has 0 spiro atoms. The van der Waals surface area contributed by atoms with Crippen LogP contribution in [0.5, 0.6) is 5.75 Å². The molecule has 1 aromatic carbocycles. The maximum absolute atomic E-state index is 11.3. The lowest BCUT2D eigenvalue weighted by atomic mass is 9.67. The lowest BCUT2D eigenvalue weighted by Gasteiger charge is -2.40. The Balaban J connectivity index is 1.81. The molecule has 0 heterocycles. The van der Waals surface area contributed by atoms with Gasteiger partial charge >= 0.3 is 11.9 Å². The average Bonchev–Trinajstić information content (AvgIpc) is 2.45. The van der Waals surface area contributed by atoms with E-state index < -0.39 is 0 Å². The number of ether oxygens (including phenoxy) is 2. The van der Waals surface area contributed by atoms with Crippen molar-refractivity contribution >= 4 is 11.9 Å². The molecular formula is C18H22O4. The first kappa shape index (κ1) is 15.1. The first-order valence-electron chi connectivity index (χ1n) is 8.02. The Morgan fingerprint density at radius 3 is 2.64 bits per heavy atom. The van der Waals surface area contributed by atoms with Crippen molar-refractivity contribution in [2.45, 2.75) is 58.0 Å². The third-order valence-corrected chi connectivity index (χ3v) is 4.85. The summed E-state index contributed by atoms with van der Waals surface area (Å²) in [5.74, 6) is 1.31. The minimum atomic E-state index is -0.269. The van der Waals surface area contributed by atoms with Crippen molar-refractivity contribution in [2.24, 2.45) is 5.92 Å². The summed E-state index contributed by atoms with van der Waals surface area (Å²) in [5, 5.41) is 0. The standard InChI is InChI=1S/C18H22O4/c1-11(19)21-14-7-9-15-13(10-14)6-8-17-16(15)4-3-5-18(17)22-12(2)20/h3-5,13-15H,6-10H2,1-2H3/t13-,14+,15-/m1/s1. The van der Waals surface area contributed by atoms with Crippen molar-refractivity contribution in [3.05, 3.63) is 29.3 Å². The summed E-state index contributed by atoms with van der Waals surface area (Å²) in [6.45, 7) is 2.92. The van der Waals surface area contributed by atoms with E-state index in [1.807, 2.05) is 12.1 Å². The first-order chi connectivity index (χ1) is 10.5. The van der Waals surface area contributed by atoms with Crippen LogP contribution in [-0.4, -0.2) is 18.0 Å². The normalized spacial score (nSPS) is 26.5. The predicted molar refractivity (Wildman–Crippen MR) is 81.7 cm³/mol. The number of rotatable bonds is 2. The minimum absolute atomic E-state index is 0.0666. The second-order valence-corrected chi connectivity index (χ2v) is 6.37. The molecule has 3 atom stereocenters. The number of hydrogen-bond donors (Lipinski definition) is 0. The van der Waals surface area contributed by atoms with Crippen LogP contribution in [0.4, 0.5) is 0 Å². The molecule has 0 aromatic heterocycles. The number of hydrogen-bond acceptors (Lipinski definition) is 4. The molecule has 4 heteroatoms. The Kier molecular flexibility index (Phi) is 4.19. The lowest BCUT2D eigenvalue weighted by Crippen LogP contribution is -2.32. The van der Waals surface area contributed by atoms with Gasteiger partial charge in [0.25, 0.3) is 0 Å². The number of fused-ring (bicyclic) bond motifs is 3. The SMILES string of the molecule is CC(=O)Oc1cccc2c1CC[C@@H]1C[C@@H](OC(C)=O)CC[C@@H]21. The Hall–Kier alpha value is -1.84. The Labute approximate surface area is 130 Å². The summed E-state index contributed by atoms with van der Waals surface area (Å²) < 4.78 is 10.8. The van der Waals surface area contributed by atoms with Crippen molar-refractivity contribution in [1.82, 2.24) is 0 Å². The maximum atomic E-state index is 11.3. The maximum Gasteiger partial charge on any atom is 0.308 e. The predicted octanol–water partition coefficient (Wildman–Crippen LogP) is 3.37. The molecule has 0 saturated heterocycles. The smallest absolute Gasteiger partial charge is 0.308 e. The minimum Gasteiger partial charge on any atom is -0.463 e. The summed E-state index contributed by atoms with van der Waals surface area (Å²) in [4.78, 5) is 22.4. The highest BCUT2D eigenvalue weighted by atomic mass is 16.5. The molecule has 1 aromatic rings. The Morgan fingerprint density at radius 1 is 1.09 bits per heavy atom. The van der Waals surface area contributed by atoms with E-state index in [9.17, 15) is 9.59 Å². The van der Waals surface area contributed by atoms with Crippen molar-refractivity contribution in [3.63, 3.8) is 0 Å². The molecule has 1 saturated carbocycles. The second-order valence-electron chi connectivity index (χ2n) is 6.37. The number of carbonyl (C=O) groups is 2. The zero-order valence-corrected chi connectivity index (χ0v) is 13.1. The van der Waals surface area contributed by atoms with Crippen molar-refractivity contribution in [1.29, 1.82) is 0 Å². The summed E-state index contributed by atoms with van der Waals surface area (Å²) in [6, 6.07) is 6.01. The molecule has 22 heavy (non-hydrogen) atoms. The molecule has 0 bridgehead atoms. The zero-order chi connectivity index (χ0) is 15.7. The number of carbonyl (C=O) groups excluding carboxylic acids is 2. The van der Waals surface area contributed by atoms with Gasteiger partial charge in [-0.3, -0.25) is 9.59 Å². The fourth-order valence-electron chi connectivity index (χ4n) is 4.07. The number of benzene rings is 1. The van der Waals surface area contributed by atoms with E-state index in [0.717, 1.165) is 32.1 Å². The Morgan fingerprint density at radius 2 is 1.91 bits per heavy atom.